The first-order chi connectivity index (χ1) is 10.0. The van der Waals surface area contributed by atoms with Crippen LogP contribution in [0.5, 0.6) is 0 Å². The predicted octanol–water partition coefficient (Wildman–Crippen LogP) is 1.42. The van der Waals surface area contributed by atoms with Crippen LogP contribution in [0.3, 0.4) is 0 Å². The molecule has 1 atom stereocenters. The normalized spacial score (nSPS) is 14.1. The molecule has 21 heavy (non-hydrogen) atoms. The number of nitrogens with two attached hydrogens (primary N) is 1. The van der Waals surface area contributed by atoms with E-state index in [1.54, 1.807) is 7.05 Å². The molecule has 118 valence electrons. The lowest BCUT2D eigenvalue weighted by Crippen LogP contribution is -2.51. The number of likely N-dealkylation sites (N-methyl/N-ethyl adjacent to an activating group) is 1. The quantitative estimate of drug-likeness (QED) is 0.640. The Morgan fingerprint density at radius 3 is 2.43 bits per heavy atom. The smallest absolute Gasteiger partial charge is 0.242 e. The van der Waals surface area contributed by atoms with Crippen LogP contribution in [-0.4, -0.2) is 38.9 Å². The second-order valence-corrected chi connectivity index (χ2v) is 5.17. The standard InChI is InChI=1S/C16H26N2O3/c1-13(2)21-12-11-20-10-9-16(18-3,15(17)19)14-7-5-4-6-8-14/h4-8,13,18H,9-12H2,1-3H3,(H2,17,19). The van der Waals surface area contributed by atoms with Crippen molar-refractivity contribution in [3.8, 4) is 0 Å². The van der Waals surface area contributed by atoms with Gasteiger partial charge in [-0.3, -0.25) is 4.79 Å². The fraction of sp³-hybridized carbons (Fsp3) is 0.562. The summed E-state index contributed by atoms with van der Waals surface area (Å²) in [5, 5.41) is 3.05. The molecule has 1 aromatic carbocycles. The van der Waals surface area contributed by atoms with Gasteiger partial charge in [-0.05, 0) is 26.5 Å². The molecule has 3 N–H and O–H groups in total. The van der Waals surface area contributed by atoms with Crippen molar-refractivity contribution >= 4 is 5.91 Å². The molecule has 0 saturated carbocycles. The molecular formula is C16H26N2O3. The topological polar surface area (TPSA) is 73.6 Å². The van der Waals surface area contributed by atoms with Crippen molar-refractivity contribution in [1.82, 2.24) is 5.32 Å². The molecule has 1 aromatic rings. The molecule has 1 unspecified atom stereocenters. The Kier molecular flexibility index (Phi) is 7.36. The molecule has 1 rings (SSSR count). The van der Waals surface area contributed by atoms with E-state index in [-0.39, 0.29) is 6.10 Å². The van der Waals surface area contributed by atoms with Gasteiger partial charge < -0.3 is 20.5 Å². The maximum Gasteiger partial charge on any atom is 0.242 e. The lowest BCUT2D eigenvalue weighted by molar-refractivity contribution is -0.125. The monoisotopic (exact) mass is 294 g/mol. The average Bonchev–Trinajstić information content (AvgIpc) is 2.47. The second-order valence-electron chi connectivity index (χ2n) is 5.17. The number of amides is 1. The second kappa shape index (κ2) is 8.77. The highest BCUT2D eigenvalue weighted by molar-refractivity contribution is 5.86. The fourth-order valence-electron chi connectivity index (χ4n) is 2.20. The minimum Gasteiger partial charge on any atom is -0.379 e. The van der Waals surface area contributed by atoms with Crippen LogP contribution in [0, 0.1) is 0 Å². The maximum absolute atomic E-state index is 11.9. The lowest BCUT2D eigenvalue weighted by Gasteiger charge is -2.30. The SMILES string of the molecule is CNC(CCOCCOC(C)C)(C(N)=O)c1ccccc1. The number of carbonyl (C=O) groups excluding carboxylic acids is 1. The van der Waals surface area contributed by atoms with Crippen LogP contribution in [0.2, 0.25) is 0 Å². The number of carbonyl (C=O) groups is 1. The third-order valence-electron chi connectivity index (χ3n) is 3.41. The highest BCUT2D eigenvalue weighted by Gasteiger charge is 2.36. The van der Waals surface area contributed by atoms with Gasteiger partial charge >= 0.3 is 0 Å². The van der Waals surface area contributed by atoms with E-state index < -0.39 is 11.4 Å². The van der Waals surface area contributed by atoms with Crippen molar-refractivity contribution in [2.45, 2.75) is 31.9 Å². The van der Waals surface area contributed by atoms with Gasteiger partial charge in [0.05, 0.1) is 19.3 Å². The van der Waals surface area contributed by atoms with Gasteiger partial charge in [-0.15, -0.1) is 0 Å². The molecule has 0 radical (unpaired) electrons. The van der Waals surface area contributed by atoms with Crippen LogP contribution < -0.4 is 11.1 Å². The number of primary amides is 1. The van der Waals surface area contributed by atoms with Crippen molar-refractivity contribution in [1.29, 1.82) is 0 Å². The van der Waals surface area contributed by atoms with E-state index >= 15 is 0 Å². The largest absolute Gasteiger partial charge is 0.379 e. The third-order valence-corrected chi connectivity index (χ3v) is 3.41. The molecule has 0 aliphatic carbocycles. The van der Waals surface area contributed by atoms with Crippen LogP contribution in [0.25, 0.3) is 0 Å². The Bertz CT molecular complexity index is 423. The summed E-state index contributed by atoms with van der Waals surface area (Å²) in [4.78, 5) is 11.9. The molecule has 0 heterocycles. The van der Waals surface area contributed by atoms with Gasteiger partial charge in [0, 0.05) is 13.0 Å². The van der Waals surface area contributed by atoms with Gasteiger partial charge in [-0.2, -0.15) is 0 Å². The van der Waals surface area contributed by atoms with Gasteiger partial charge in [0.15, 0.2) is 0 Å². The Labute approximate surface area is 126 Å². The van der Waals surface area contributed by atoms with Crippen molar-refractivity contribution in [2.24, 2.45) is 5.73 Å². The van der Waals surface area contributed by atoms with Gasteiger partial charge in [0.2, 0.25) is 5.91 Å². The zero-order chi connectivity index (χ0) is 15.7. The molecule has 0 spiro atoms. The van der Waals surface area contributed by atoms with Crippen LogP contribution in [-0.2, 0) is 19.8 Å². The van der Waals surface area contributed by atoms with Crippen LogP contribution >= 0.6 is 0 Å². The Hall–Kier alpha value is -1.43. The summed E-state index contributed by atoms with van der Waals surface area (Å²) in [5.74, 6) is -0.404. The summed E-state index contributed by atoms with van der Waals surface area (Å²) in [5.41, 5.74) is 5.56. The van der Waals surface area contributed by atoms with Crippen LogP contribution in [0.4, 0.5) is 0 Å². The number of rotatable bonds is 10. The summed E-state index contributed by atoms with van der Waals surface area (Å²) in [6.45, 7) is 5.45. The zero-order valence-corrected chi connectivity index (χ0v) is 13.1. The number of ether oxygens (including phenoxy) is 2. The van der Waals surface area contributed by atoms with Crippen molar-refractivity contribution in [2.75, 3.05) is 26.9 Å². The molecule has 0 aromatic heterocycles. The summed E-state index contributed by atoms with van der Waals surface area (Å²) >= 11 is 0. The van der Waals surface area contributed by atoms with Crippen molar-refractivity contribution in [3.63, 3.8) is 0 Å². The molecule has 0 fully saturated rings. The minimum absolute atomic E-state index is 0.194. The van der Waals surface area contributed by atoms with Crippen LogP contribution in [0.1, 0.15) is 25.8 Å². The molecule has 1 amide bonds. The number of hydrogen-bond donors (Lipinski definition) is 2. The first-order valence-electron chi connectivity index (χ1n) is 7.26. The summed E-state index contributed by atoms with van der Waals surface area (Å²) in [7, 11) is 1.74. The first kappa shape index (κ1) is 17.6. The minimum atomic E-state index is -0.903. The third kappa shape index (κ3) is 5.12. The number of nitrogens with one attached hydrogen (secondary N) is 1. The molecule has 0 aliphatic heterocycles. The molecule has 5 heteroatoms. The molecule has 0 aliphatic rings. The van der Waals surface area contributed by atoms with Crippen LogP contribution in [0.15, 0.2) is 30.3 Å². The molecule has 5 nitrogen and oxygen atoms in total. The number of hydrogen-bond acceptors (Lipinski definition) is 4. The van der Waals surface area contributed by atoms with E-state index in [1.165, 1.54) is 0 Å². The van der Waals surface area contributed by atoms with Gasteiger partial charge in [0.25, 0.3) is 0 Å². The summed E-state index contributed by atoms with van der Waals surface area (Å²) < 4.78 is 10.9. The van der Waals surface area contributed by atoms with E-state index in [1.807, 2.05) is 44.2 Å². The highest BCUT2D eigenvalue weighted by Crippen LogP contribution is 2.24. The average molecular weight is 294 g/mol. The highest BCUT2D eigenvalue weighted by atomic mass is 16.5. The lowest BCUT2D eigenvalue weighted by atomic mass is 9.86. The Morgan fingerprint density at radius 2 is 1.90 bits per heavy atom. The van der Waals surface area contributed by atoms with E-state index in [4.69, 9.17) is 15.2 Å². The van der Waals surface area contributed by atoms with Crippen molar-refractivity contribution < 1.29 is 14.3 Å². The van der Waals surface area contributed by atoms with Gasteiger partial charge in [0.1, 0.15) is 5.54 Å². The fourth-order valence-corrected chi connectivity index (χ4v) is 2.20. The van der Waals surface area contributed by atoms with Crippen molar-refractivity contribution in [3.05, 3.63) is 35.9 Å². The Morgan fingerprint density at radius 1 is 1.24 bits per heavy atom. The molecule has 0 bridgehead atoms. The zero-order valence-electron chi connectivity index (χ0n) is 13.1. The van der Waals surface area contributed by atoms with E-state index in [9.17, 15) is 4.79 Å². The van der Waals surface area contributed by atoms with E-state index in [0.29, 0.717) is 26.2 Å². The maximum atomic E-state index is 11.9. The summed E-state index contributed by atoms with van der Waals surface area (Å²) in [6.07, 6.45) is 0.671. The first-order valence-corrected chi connectivity index (χ1v) is 7.26. The predicted molar refractivity (Wildman–Crippen MR) is 82.9 cm³/mol. The Balaban J connectivity index is 2.58. The van der Waals surface area contributed by atoms with E-state index in [2.05, 4.69) is 5.32 Å². The molecular weight excluding hydrogens is 268 g/mol. The van der Waals surface area contributed by atoms with E-state index in [0.717, 1.165) is 5.56 Å². The molecule has 0 saturated heterocycles. The number of benzene rings is 1. The van der Waals surface area contributed by atoms with Gasteiger partial charge in [-0.25, -0.2) is 0 Å². The van der Waals surface area contributed by atoms with Gasteiger partial charge in [-0.1, -0.05) is 30.3 Å². The summed E-state index contributed by atoms with van der Waals surface area (Å²) in [6, 6.07) is 9.47.